The number of rotatable bonds is 18. The van der Waals surface area contributed by atoms with E-state index < -0.39 is 29.9 Å². The molecule has 0 bridgehead atoms. The monoisotopic (exact) mass is 372 g/mol. The smallest absolute Gasteiger partial charge is 0.178 e. The highest BCUT2D eigenvalue weighted by Gasteiger charge is 2.43. The van der Waals surface area contributed by atoms with Gasteiger partial charge in [0.05, 0.1) is 6.61 Å². The standard InChI is InChI=1S/C21H40O5/c1-3-4-5-6-7-8-9-10-11-12-13-14-15-16-19(24)20(25)21(26,17-22)18(2)23/h20,22,25-26H,3-17H2,1-2H3. The van der Waals surface area contributed by atoms with Crippen LogP contribution in [0.15, 0.2) is 0 Å². The molecule has 0 aliphatic rings. The van der Waals surface area contributed by atoms with Crippen molar-refractivity contribution in [3.05, 3.63) is 0 Å². The van der Waals surface area contributed by atoms with Crippen molar-refractivity contribution in [1.29, 1.82) is 0 Å². The fraction of sp³-hybridized carbons (Fsp3) is 0.905. The van der Waals surface area contributed by atoms with Gasteiger partial charge in [-0.1, -0.05) is 84.0 Å². The maximum Gasteiger partial charge on any atom is 0.178 e. The molecule has 0 saturated heterocycles. The summed E-state index contributed by atoms with van der Waals surface area (Å²) in [6, 6.07) is 0. The lowest BCUT2D eigenvalue weighted by Gasteiger charge is -2.27. The van der Waals surface area contributed by atoms with Crippen molar-refractivity contribution in [1.82, 2.24) is 0 Å². The Bertz CT molecular complexity index is 383. The van der Waals surface area contributed by atoms with Crippen molar-refractivity contribution < 1.29 is 24.9 Å². The van der Waals surface area contributed by atoms with Crippen LogP contribution in [0.2, 0.25) is 0 Å². The van der Waals surface area contributed by atoms with Crippen LogP contribution < -0.4 is 0 Å². The first-order chi connectivity index (χ1) is 12.4. The van der Waals surface area contributed by atoms with Gasteiger partial charge in [-0.05, 0) is 13.3 Å². The number of unbranched alkanes of at least 4 members (excludes halogenated alkanes) is 12. The molecule has 0 spiro atoms. The molecule has 0 heterocycles. The Hall–Kier alpha value is -0.780. The van der Waals surface area contributed by atoms with Crippen LogP contribution in [0, 0.1) is 0 Å². The largest absolute Gasteiger partial charge is 0.393 e. The Kier molecular flexibility index (Phi) is 14.8. The average molecular weight is 373 g/mol. The minimum Gasteiger partial charge on any atom is -0.393 e. The predicted octanol–water partition coefficient (Wildman–Crippen LogP) is 3.71. The molecule has 5 nitrogen and oxygen atoms in total. The zero-order valence-electron chi connectivity index (χ0n) is 16.8. The van der Waals surface area contributed by atoms with Crippen LogP contribution in [0.1, 0.15) is 104 Å². The van der Waals surface area contributed by atoms with E-state index in [1.165, 1.54) is 57.8 Å². The molecule has 0 saturated carbocycles. The maximum absolute atomic E-state index is 11.9. The maximum atomic E-state index is 11.9. The quantitative estimate of drug-likeness (QED) is 0.319. The summed E-state index contributed by atoms with van der Waals surface area (Å²) in [7, 11) is 0. The molecule has 5 heteroatoms. The van der Waals surface area contributed by atoms with E-state index in [0.717, 1.165) is 26.2 Å². The Morgan fingerprint density at radius 2 is 1.19 bits per heavy atom. The third-order valence-corrected chi connectivity index (χ3v) is 5.13. The number of ketones is 2. The summed E-state index contributed by atoms with van der Waals surface area (Å²) in [4.78, 5) is 23.2. The molecule has 0 aromatic heterocycles. The van der Waals surface area contributed by atoms with Gasteiger partial charge >= 0.3 is 0 Å². The van der Waals surface area contributed by atoms with Gasteiger partial charge in [0.25, 0.3) is 0 Å². The number of carbonyl (C=O) groups excluding carboxylic acids is 2. The fourth-order valence-electron chi connectivity index (χ4n) is 3.11. The van der Waals surface area contributed by atoms with Crippen molar-refractivity contribution in [2.45, 2.75) is 115 Å². The van der Waals surface area contributed by atoms with Crippen LogP contribution in [0.4, 0.5) is 0 Å². The van der Waals surface area contributed by atoms with E-state index in [0.29, 0.717) is 6.42 Å². The molecule has 0 radical (unpaired) electrons. The SMILES string of the molecule is CCCCCCCCCCCCCCCC(=O)C(O)C(O)(CO)C(C)=O. The molecule has 0 aliphatic carbocycles. The van der Waals surface area contributed by atoms with Crippen molar-refractivity contribution in [2.24, 2.45) is 0 Å². The molecular formula is C21H40O5. The van der Waals surface area contributed by atoms with Crippen LogP contribution in [0.5, 0.6) is 0 Å². The van der Waals surface area contributed by atoms with Gasteiger partial charge in [0.2, 0.25) is 0 Å². The summed E-state index contributed by atoms with van der Waals surface area (Å²) in [6.45, 7) is 2.34. The molecule has 2 unspecified atom stereocenters. The van der Waals surface area contributed by atoms with E-state index in [9.17, 15) is 19.8 Å². The lowest BCUT2D eigenvalue weighted by molar-refractivity contribution is -0.164. The highest BCUT2D eigenvalue weighted by atomic mass is 16.4. The van der Waals surface area contributed by atoms with Crippen LogP contribution in [0.3, 0.4) is 0 Å². The summed E-state index contributed by atoms with van der Waals surface area (Å²) < 4.78 is 0. The van der Waals surface area contributed by atoms with Gasteiger partial charge in [-0.15, -0.1) is 0 Å². The van der Waals surface area contributed by atoms with E-state index in [2.05, 4.69) is 6.92 Å². The van der Waals surface area contributed by atoms with Crippen LogP contribution in [-0.2, 0) is 9.59 Å². The second-order valence-corrected chi connectivity index (χ2v) is 7.50. The summed E-state index contributed by atoms with van der Waals surface area (Å²) in [5.41, 5.74) is -2.37. The molecule has 0 aliphatic heterocycles. The number of aliphatic hydroxyl groups is 3. The van der Waals surface area contributed by atoms with Gasteiger partial charge in [-0.3, -0.25) is 9.59 Å². The van der Waals surface area contributed by atoms with Crippen molar-refractivity contribution in [3.63, 3.8) is 0 Å². The van der Waals surface area contributed by atoms with Gasteiger partial charge in [-0.2, -0.15) is 0 Å². The van der Waals surface area contributed by atoms with Crippen LogP contribution in [0.25, 0.3) is 0 Å². The molecular weight excluding hydrogens is 332 g/mol. The molecule has 0 amide bonds. The lowest BCUT2D eigenvalue weighted by atomic mass is 9.88. The van der Waals surface area contributed by atoms with Gasteiger partial charge < -0.3 is 15.3 Å². The molecule has 154 valence electrons. The fourth-order valence-corrected chi connectivity index (χ4v) is 3.11. The van der Waals surface area contributed by atoms with Gasteiger partial charge in [0.1, 0.15) is 0 Å². The summed E-state index contributed by atoms with van der Waals surface area (Å²) in [5, 5.41) is 28.8. The normalized spacial score (nSPS) is 14.8. The summed E-state index contributed by atoms with van der Waals surface area (Å²) in [5.74, 6) is -1.38. The van der Waals surface area contributed by atoms with Crippen molar-refractivity contribution in [2.75, 3.05) is 6.61 Å². The highest BCUT2D eigenvalue weighted by molar-refractivity contribution is 5.95. The zero-order valence-corrected chi connectivity index (χ0v) is 16.8. The van der Waals surface area contributed by atoms with E-state index >= 15 is 0 Å². The molecule has 26 heavy (non-hydrogen) atoms. The highest BCUT2D eigenvalue weighted by Crippen LogP contribution is 2.17. The van der Waals surface area contributed by atoms with Crippen molar-refractivity contribution >= 4 is 11.6 Å². The van der Waals surface area contributed by atoms with Gasteiger partial charge in [-0.25, -0.2) is 0 Å². The number of hydrogen-bond acceptors (Lipinski definition) is 5. The van der Waals surface area contributed by atoms with Crippen LogP contribution >= 0.6 is 0 Å². The lowest BCUT2D eigenvalue weighted by Crippen LogP contribution is -2.55. The Morgan fingerprint density at radius 3 is 1.54 bits per heavy atom. The first-order valence-electron chi connectivity index (χ1n) is 10.4. The topological polar surface area (TPSA) is 94.8 Å². The minimum atomic E-state index is -2.37. The molecule has 0 aromatic carbocycles. The van der Waals surface area contributed by atoms with Crippen LogP contribution in [-0.4, -0.2) is 45.2 Å². The van der Waals surface area contributed by atoms with E-state index in [1.807, 2.05) is 0 Å². The molecule has 0 fully saturated rings. The average Bonchev–Trinajstić information content (AvgIpc) is 2.63. The first kappa shape index (κ1) is 25.2. The minimum absolute atomic E-state index is 0.120. The third kappa shape index (κ3) is 10.4. The Balaban J connectivity index is 3.60. The molecule has 0 rings (SSSR count). The van der Waals surface area contributed by atoms with Gasteiger partial charge in [0, 0.05) is 6.42 Å². The van der Waals surface area contributed by atoms with E-state index in [4.69, 9.17) is 5.11 Å². The number of aliphatic hydroxyl groups excluding tert-OH is 2. The zero-order chi connectivity index (χ0) is 19.8. The summed E-state index contributed by atoms with van der Waals surface area (Å²) >= 11 is 0. The number of Topliss-reactive ketones (excluding diaryl/α,β-unsaturated/α-hetero) is 2. The van der Waals surface area contributed by atoms with Gasteiger partial charge in [0.15, 0.2) is 23.3 Å². The first-order valence-corrected chi connectivity index (χ1v) is 10.4. The molecule has 3 N–H and O–H groups in total. The second kappa shape index (κ2) is 15.3. The third-order valence-electron chi connectivity index (χ3n) is 5.13. The molecule has 2 atom stereocenters. The molecule has 0 aromatic rings. The van der Waals surface area contributed by atoms with E-state index in [1.54, 1.807) is 0 Å². The van der Waals surface area contributed by atoms with E-state index in [-0.39, 0.29) is 6.42 Å². The Morgan fingerprint density at radius 1 is 0.808 bits per heavy atom. The number of carbonyl (C=O) groups is 2. The summed E-state index contributed by atoms with van der Waals surface area (Å²) in [6.07, 6.45) is 13.9. The second-order valence-electron chi connectivity index (χ2n) is 7.50. The van der Waals surface area contributed by atoms with Crippen molar-refractivity contribution in [3.8, 4) is 0 Å². The number of hydrogen-bond donors (Lipinski definition) is 3. The predicted molar refractivity (Wildman–Crippen MR) is 104 cm³/mol. The Labute approximate surface area is 159 Å².